The minimum Gasteiger partial charge on any atom is -0.462 e. The van der Waals surface area contributed by atoms with Gasteiger partial charge in [0.2, 0.25) is 0 Å². The van der Waals surface area contributed by atoms with Crippen molar-refractivity contribution in [3.05, 3.63) is 0 Å². The number of hydrogen-bond donors (Lipinski definition) is 0. The van der Waals surface area contributed by atoms with Gasteiger partial charge in [0.1, 0.15) is 24.8 Å². The molecule has 11 heavy (non-hydrogen) atoms. The third kappa shape index (κ3) is 3.18. The summed E-state index contributed by atoms with van der Waals surface area (Å²) in [5, 5.41) is 0.223. The molecule has 4 nitrogen and oxygen atoms in total. The molecule has 1 unspecified atom stereocenters. The Morgan fingerprint density at radius 2 is 2.55 bits per heavy atom. The quantitative estimate of drug-likeness (QED) is 0.511. The average Bonchev–Trinajstić information content (AvgIpc) is 2.52. The van der Waals surface area contributed by atoms with Crippen molar-refractivity contribution in [2.45, 2.75) is 6.10 Å². The van der Waals surface area contributed by atoms with Crippen LogP contribution in [0, 0.1) is 0 Å². The molecule has 0 aliphatic carbocycles. The van der Waals surface area contributed by atoms with E-state index < -0.39 is 0 Å². The van der Waals surface area contributed by atoms with E-state index in [9.17, 15) is 4.79 Å². The SMILES string of the molecule is O=C(CBr)OCC1COCO1. The zero-order chi connectivity index (χ0) is 8.10. The summed E-state index contributed by atoms with van der Waals surface area (Å²) in [4.78, 5) is 10.6. The van der Waals surface area contributed by atoms with E-state index in [0.717, 1.165) is 0 Å². The predicted octanol–water partition coefficient (Wildman–Crippen LogP) is 0.297. The summed E-state index contributed by atoms with van der Waals surface area (Å²) in [6, 6.07) is 0. The molecular weight excluding hydrogens is 216 g/mol. The molecule has 1 atom stereocenters. The summed E-state index contributed by atoms with van der Waals surface area (Å²) in [5.41, 5.74) is 0. The molecule has 1 rings (SSSR count). The molecule has 1 fully saturated rings. The van der Waals surface area contributed by atoms with E-state index in [1.54, 1.807) is 0 Å². The number of carbonyl (C=O) groups excluding carboxylic acids is 1. The first-order valence-corrected chi connectivity index (χ1v) is 4.36. The highest BCUT2D eigenvalue weighted by Gasteiger charge is 2.17. The van der Waals surface area contributed by atoms with Crippen LogP contribution in [0.4, 0.5) is 0 Å². The van der Waals surface area contributed by atoms with Gasteiger partial charge < -0.3 is 14.2 Å². The summed E-state index contributed by atoms with van der Waals surface area (Å²) in [6.07, 6.45) is -0.0852. The van der Waals surface area contributed by atoms with Gasteiger partial charge in [0, 0.05) is 0 Å². The van der Waals surface area contributed by atoms with Gasteiger partial charge in [-0.15, -0.1) is 0 Å². The van der Waals surface area contributed by atoms with E-state index in [2.05, 4.69) is 15.9 Å². The smallest absolute Gasteiger partial charge is 0.316 e. The van der Waals surface area contributed by atoms with E-state index in [1.165, 1.54) is 0 Å². The number of halogens is 1. The number of rotatable bonds is 3. The highest BCUT2D eigenvalue weighted by Crippen LogP contribution is 2.03. The topological polar surface area (TPSA) is 44.8 Å². The molecule has 64 valence electrons. The minimum absolute atomic E-state index is 0.0852. The molecule has 1 aliphatic rings. The van der Waals surface area contributed by atoms with E-state index in [1.807, 2.05) is 0 Å². The third-order valence-corrected chi connectivity index (χ3v) is 1.69. The summed E-state index contributed by atoms with van der Waals surface area (Å²) < 4.78 is 14.7. The summed E-state index contributed by atoms with van der Waals surface area (Å²) >= 11 is 2.98. The molecule has 1 heterocycles. The van der Waals surface area contributed by atoms with Crippen molar-refractivity contribution in [1.82, 2.24) is 0 Å². The lowest BCUT2D eigenvalue weighted by Crippen LogP contribution is -2.20. The molecule has 1 aliphatic heterocycles. The monoisotopic (exact) mass is 224 g/mol. The number of ether oxygens (including phenoxy) is 3. The maximum absolute atomic E-state index is 10.6. The lowest BCUT2D eigenvalue weighted by molar-refractivity contribution is -0.143. The maximum Gasteiger partial charge on any atom is 0.316 e. The second-order valence-electron chi connectivity index (χ2n) is 2.09. The highest BCUT2D eigenvalue weighted by molar-refractivity contribution is 9.09. The van der Waals surface area contributed by atoms with E-state index in [0.29, 0.717) is 13.4 Å². The second-order valence-corrected chi connectivity index (χ2v) is 2.65. The first kappa shape index (κ1) is 8.96. The van der Waals surface area contributed by atoms with Crippen LogP contribution < -0.4 is 0 Å². The Kier molecular flexibility index (Phi) is 3.82. The molecule has 0 amide bonds. The van der Waals surface area contributed by atoms with Crippen LogP contribution in [0.3, 0.4) is 0 Å². The fourth-order valence-corrected chi connectivity index (χ4v) is 0.855. The van der Waals surface area contributed by atoms with Crippen LogP contribution >= 0.6 is 15.9 Å². The zero-order valence-electron chi connectivity index (χ0n) is 5.92. The van der Waals surface area contributed by atoms with Crippen LogP contribution in [-0.2, 0) is 19.0 Å². The molecular formula is C6H9BrO4. The number of alkyl halides is 1. The second kappa shape index (κ2) is 4.69. The maximum atomic E-state index is 10.6. The van der Waals surface area contributed by atoms with Crippen molar-refractivity contribution in [3.63, 3.8) is 0 Å². The Balaban J connectivity index is 2.06. The van der Waals surface area contributed by atoms with Gasteiger partial charge in [0.05, 0.1) is 6.61 Å². The molecule has 0 N–H and O–H groups in total. The van der Waals surface area contributed by atoms with Crippen LogP contribution in [0.15, 0.2) is 0 Å². The molecule has 0 spiro atoms. The lowest BCUT2D eigenvalue weighted by atomic mass is 10.4. The average molecular weight is 225 g/mol. The van der Waals surface area contributed by atoms with Crippen molar-refractivity contribution < 1.29 is 19.0 Å². The third-order valence-electron chi connectivity index (χ3n) is 1.23. The molecule has 0 aromatic carbocycles. The Bertz CT molecular complexity index is 133. The summed E-state index contributed by atoms with van der Waals surface area (Å²) in [5.74, 6) is -0.277. The summed E-state index contributed by atoms with van der Waals surface area (Å²) in [6.45, 7) is 1.09. The molecule has 0 radical (unpaired) electrons. The van der Waals surface area contributed by atoms with Gasteiger partial charge in [-0.2, -0.15) is 0 Å². The minimum atomic E-state index is -0.277. The Morgan fingerprint density at radius 3 is 3.09 bits per heavy atom. The molecule has 5 heteroatoms. The summed E-state index contributed by atoms with van der Waals surface area (Å²) in [7, 11) is 0. The van der Waals surface area contributed by atoms with Gasteiger partial charge in [-0.25, -0.2) is 0 Å². The van der Waals surface area contributed by atoms with Gasteiger partial charge in [0.15, 0.2) is 0 Å². The highest BCUT2D eigenvalue weighted by atomic mass is 79.9. The van der Waals surface area contributed by atoms with Crippen molar-refractivity contribution >= 4 is 21.9 Å². The zero-order valence-corrected chi connectivity index (χ0v) is 7.50. The molecule has 0 aromatic heterocycles. The van der Waals surface area contributed by atoms with Crippen molar-refractivity contribution in [2.75, 3.05) is 25.3 Å². The van der Waals surface area contributed by atoms with Crippen molar-refractivity contribution in [2.24, 2.45) is 0 Å². The van der Waals surface area contributed by atoms with Gasteiger partial charge in [0.25, 0.3) is 0 Å². The van der Waals surface area contributed by atoms with E-state index in [-0.39, 0.29) is 24.0 Å². The van der Waals surface area contributed by atoms with E-state index >= 15 is 0 Å². The predicted molar refractivity (Wildman–Crippen MR) is 40.4 cm³/mol. The molecule has 0 aromatic rings. The molecule has 0 bridgehead atoms. The largest absolute Gasteiger partial charge is 0.462 e. The van der Waals surface area contributed by atoms with Gasteiger partial charge in [-0.05, 0) is 0 Å². The van der Waals surface area contributed by atoms with Crippen LogP contribution in [0.1, 0.15) is 0 Å². The van der Waals surface area contributed by atoms with Crippen molar-refractivity contribution in [1.29, 1.82) is 0 Å². The fourth-order valence-electron chi connectivity index (χ4n) is 0.693. The van der Waals surface area contributed by atoms with Gasteiger partial charge >= 0.3 is 5.97 Å². The Morgan fingerprint density at radius 1 is 1.73 bits per heavy atom. The fraction of sp³-hybridized carbons (Fsp3) is 0.833. The Labute approximate surface area is 72.9 Å². The van der Waals surface area contributed by atoms with Crippen LogP contribution in [0.5, 0.6) is 0 Å². The molecule has 1 saturated heterocycles. The van der Waals surface area contributed by atoms with Crippen molar-refractivity contribution in [3.8, 4) is 0 Å². The van der Waals surface area contributed by atoms with Gasteiger partial charge in [-0.1, -0.05) is 15.9 Å². The van der Waals surface area contributed by atoms with Gasteiger partial charge in [-0.3, -0.25) is 4.79 Å². The first-order valence-electron chi connectivity index (χ1n) is 3.24. The first-order chi connectivity index (χ1) is 5.33. The number of hydrogen-bond acceptors (Lipinski definition) is 4. The standard InChI is InChI=1S/C6H9BrO4/c7-1-6(8)10-3-5-2-9-4-11-5/h5H,1-4H2. The normalized spacial score (nSPS) is 23.5. The van der Waals surface area contributed by atoms with Crippen LogP contribution in [0.2, 0.25) is 0 Å². The lowest BCUT2D eigenvalue weighted by Gasteiger charge is -2.06. The number of carbonyl (C=O) groups is 1. The van der Waals surface area contributed by atoms with Crippen LogP contribution in [-0.4, -0.2) is 37.4 Å². The van der Waals surface area contributed by atoms with Crippen LogP contribution in [0.25, 0.3) is 0 Å². The molecule has 0 saturated carbocycles. The van der Waals surface area contributed by atoms with E-state index in [4.69, 9.17) is 14.2 Å². The number of esters is 1. The Hall–Kier alpha value is -0.130.